The fourth-order valence-corrected chi connectivity index (χ4v) is 1.29. The molecule has 0 aliphatic carbocycles. The molecule has 0 bridgehead atoms. The van der Waals surface area contributed by atoms with E-state index < -0.39 is 0 Å². The number of nitrogens with zero attached hydrogens (tertiary/aromatic N) is 4. The molecule has 2 aromatic heterocycles. The summed E-state index contributed by atoms with van der Waals surface area (Å²) in [6.45, 7) is 0. The van der Waals surface area contributed by atoms with Gasteiger partial charge >= 0.3 is 0 Å². The third-order valence-electron chi connectivity index (χ3n) is 1.56. The Labute approximate surface area is 88.7 Å². The van der Waals surface area contributed by atoms with Crippen molar-refractivity contribution in [1.29, 1.82) is 0 Å². The average molecular weight is 255 g/mol. The first-order valence-corrected chi connectivity index (χ1v) is 5.17. The first-order valence-electron chi connectivity index (χ1n) is 4.05. The summed E-state index contributed by atoms with van der Waals surface area (Å²) in [7, 11) is 0. The van der Waals surface area contributed by atoms with Crippen molar-refractivity contribution in [2.45, 2.75) is 6.42 Å². The van der Waals surface area contributed by atoms with Gasteiger partial charge in [-0.05, 0) is 0 Å². The van der Waals surface area contributed by atoms with Crippen molar-refractivity contribution in [3.63, 3.8) is 0 Å². The number of alkyl halides is 1. The lowest BCUT2D eigenvalue weighted by Gasteiger charge is -1.90. The SMILES string of the molecule is BrCCc1nnc(-c2cnccn2)o1. The van der Waals surface area contributed by atoms with Gasteiger partial charge in [-0.2, -0.15) is 0 Å². The first kappa shape index (κ1) is 9.26. The molecule has 5 nitrogen and oxygen atoms in total. The van der Waals surface area contributed by atoms with Crippen LogP contribution < -0.4 is 0 Å². The zero-order valence-electron chi connectivity index (χ0n) is 7.22. The second-order valence-electron chi connectivity index (χ2n) is 2.53. The average Bonchev–Trinajstić information content (AvgIpc) is 2.68. The van der Waals surface area contributed by atoms with Crippen LogP contribution in [0.2, 0.25) is 0 Å². The summed E-state index contributed by atoms with van der Waals surface area (Å²) < 4.78 is 5.36. The van der Waals surface area contributed by atoms with Gasteiger partial charge in [-0.25, -0.2) is 4.98 Å². The van der Waals surface area contributed by atoms with Gasteiger partial charge in [0.15, 0.2) is 0 Å². The molecule has 0 amide bonds. The lowest BCUT2D eigenvalue weighted by molar-refractivity contribution is 0.512. The molecular formula is C8H7BrN4O. The standard InChI is InChI=1S/C8H7BrN4O/c9-2-1-7-12-13-8(14-7)6-5-10-3-4-11-6/h3-5H,1-2H2. The van der Waals surface area contributed by atoms with E-state index in [1.165, 1.54) is 0 Å². The van der Waals surface area contributed by atoms with Crippen LogP contribution in [0.3, 0.4) is 0 Å². The molecule has 0 atom stereocenters. The highest BCUT2D eigenvalue weighted by Crippen LogP contribution is 2.13. The second kappa shape index (κ2) is 4.28. The molecule has 72 valence electrons. The highest BCUT2D eigenvalue weighted by Gasteiger charge is 2.08. The molecule has 2 heterocycles. The van der Waals surface area contributed by atoms with Crippen molar-refractivity contribution in [3.05, 3.63) is 24.5 Å². The zero-order chi connectivity index (χ0) is 9.80. The highest BCUT2D eigenvalue weighted by atomic mass is 79.9. The van der Waals surface area contributed by atoms with E-state index in [4.69, 9.17) is 4.42 Å². The zero-order valence-corrected chi connectivity index (χ0v) is 8.81. The third kappa shape index (κ3) is 1.95. The van der Waals surface area contributed by atoms with E-state index >= 15 is 0 Å². The van der Waals surface area contributed by atoms with Crippen molar-refractivity contribution in [2.75, 3.05) is 5.33 Å². The molecule has 0 radical (unpaired) electrons. The van der Waals surface area contributed by atoms with E-state index in [9.17, 15) is 0 Å². The molecule has 0 saturated heterocycles. The molecular weight excluding hydrogens is 248 g/mol. The van der Waals surface area contributed by atoms with Gasteiger partial charge in [0.1, 0.15) is 5.69 Å². The van der Waals surface area contributed by atoms with Crippen LogP contribution in [0, 0.1) is 0 Å². The van der Waals surface area contributed by atoms with Crippen LogP contribution in [0.15, 0.2) is 23.0 Å². The molecule has 14 heavy (non-hydrogen) atoms. The Bertz CT molecular complexity index is 403. The van der Waals surface area contributed by atoms with Gasteiger partial charge in [0.2, 0.25) is 5.89 Å². The summed E-state index contributed by atoms with van der Waals surface area (Å²) in [4.78, 5) is 7.97. The summed E-state index contributed by atoms with van der Waals surface area (Å²) >= 11 is 3.30. The molecule has 0 aliphatic rings. The molecule has 2 aromatic rings. The Morgan fingerprint density at radius 3 is 2.93 bits per heavy atom. The van der Waals surface area contributed by atoms with Crippen molar-refractivity contribution < 1.29 is 4.42 Å². The van der Waals surface area contributed by atoms with Crippen LogP contribution in [0.25, 0.3) is 11.6 Å². The minimum atomic E-state index is 0.411. The number of hydrogen-bond donors (Lipinski definition) is 0. The van der Waals surface area contributed by atoms with Gasteiger partial charge in [0, 0.05) is 24.1 Å². The molecule has 0 N–H and O–H groups in total. The molecule has 0 fully saturated rings. The monoisotopic (exact) mass is 254 g/mol. The van der Waals surface area contributed by atoms with Gasteiger partial charge in [0.05, 0.1) is 6.20 Å². The van der Waals surface area contributed by atoms with Crippen LogP contribution in [-0.4, -0.2) is 25.5 Å². The van der Waals surface area contributed by atoms with Crippen LogP contribution in [0.5, 0.6) is 0 Å². The lowest BCUT2D eigenvalue weighted by atomic mass is 10.4. The summed E-state index contributed by atoms with van der Waals surface area (Å²) in [6, 6.07) is 0. The number of rotatable bonds is 3. The normalized spacial score (nSPS) is 10.4. The predicted octanol–water partition coefficient (Wildman–Crippen LogP) is 1.46. The summed E-state index contributed by atoms with van der Waals surface area (Å²) in [5.74, 6) is 1.01. The quantitative estimate of drug-likeness (QED) is 0.777. The molecule has 0 unspecified atom stereocenters. The molecule has 0 saturated carbocycles. The Hall–Kier alpha value is -1.30. The van der Waals surface area contributed by atoms with E-state index in [0.717, 1.165) is 5.33 Å². The number of aryl methyl sites for hydroxylation is 1. The van der Waals surface area contributed by atoms with Gasteiger partial charge in [-0.15, -0.1) is 10.2 Å². The number of hydrogen-bond acceptors (Lipinski definition) is 5. The second-order valence-corrected chi connectivity index (χ2v) is 3.32. The van der Waals surface area contributed by atoms with Gasteiger partial charge in [0.25, 0.3) is 5.89 Å². The van der Waals surface area contributed by atoms with Crippen LogP contribution >= 0.6 is 15.9 Å². The molecule has 6 heteroatoms. The van der Waals surface area contributed by atoms with E-state index in [0.29, 0.717) is 23.9 Å². The van der Waals surface area contributed by atoms with Crippen molar-refractivity contribution in [1.82, 2.24) is 20.2 Å². The maximum atomic E-state index is 5.36. The van der Waals surface area contributed by atoms with Crippen molar-refractivity contribution in [3.8, 4) is 11.6 Å². The minimum Gasteiger partial charge on any atom is -0.419 e. The molecule has 0 aliphatic heterocycles. The lowest BCUT2D eigenvalue weighted by Crippen LogP contribution is -1.83. The van der Waals surface area contributed by atoms with E-state index in [1.807, 2.05) is 0 Å². The Balaban J connectivity index is 2.25. The number of halogens is 1. The van der Waals surface area contributed by atoms with Crippen molar-refractivity contribution >= 4 is 15.9 Å². The van der Waals surface area contributed by atoms with E-state index in [2.05, 4.69) is 36.1 Å². The number of aromatic nitrogens is 4. The van der Waals surface area contributed by atoms with E-state index in [-0.39, 0.29) is 0 Å². The van der Waals surface area contributed by atoms with Gasteiger partial charge in [-0.1, -0.05) is 15.9 Å². The molecule has 2 rings (SSSR count). The summed E-state index contributed by atoms with van der Waals surface area (Å²) in [5, 5.41) is 8.53. The topological polar surface area (TPSA) is 64.7 Å². The van der Waals surface area contributed by atoms with Crippen LogP contribution in [-0.2, 0) is 6.42 Å². The highest BCUT2D eigenvalue weighted by molar-refractivity contribution is 9.09. The van der Waals surface area contributed by atoms with Crippen molar-refractivity contribution in [2.24, 2.45) is 0 Å². The van der Waals surface area contributed by atoms with Gasteiger partial charge in [-0.3, -0.25) is 4.98 Å². The fourth-order valence-electron chi connectivity index (χ4n) is 0.949. The smallest absolute Gasteiger partial charge is 0.267 e. The first-order chi connectivity index (χ1) is 6.90. The van der Waals surface area contributed by atoms with E-state index in [1.54, 1.807) is 18.6 Å². The summed E-state index contributed by atoms with van der Waals surface area (Å²) in [5.41, 5.74) is 0.598. The molecule has 0 aromatic carbocycles. The Kier molecular flexibility index (Phi) is 2.83. The predicted molar refractivity (Wildman–Crippen MR) is 52.8 cm³/mol. The summed E-state index contributed by atoms with van der Waals surface area (Å²) in [6.07, 6.45) is 5.49. The Morgan fingerprint density at radius 2 is 2.21 bits per heavy atom. The maximum absolute atomic E-state index is 5.36. The van der Waals surface area contributed by atoms with Gasteiger partial charge < -0.3 is 4.42 Å². The Morgan fingerprint density at radius 1 is 1.29 bits per heavy atom. The minimum absolute atomic E-state index is 0.411. The largest absolute Gasteiger partial charge is 0.419 e. The fraction of sp³-hybridized carbons (Fsp3) is 0.250. The van der Waals surface area contributed by atoms with Crippen LogP contribution in [0.4, 0.5) is 0 Å². The third-order valence-corrected chi connectivity index (χ3v) is 1.95. The maximum Gasteiger partial charge on any atom is 0.267 e. The molecule has 0 spiro atoms. The van der Waals surface area contributed by atoms with Crippen LogP contribution in [0.1, 0.15) is 5.89 Å².